The first-order valence-corrected chi connectivity index (χ1v) is 19.0. The first-order chi connectivity index (χ1) is 24.7. The molecule has 3 amide bonds. The van der Waals surface area contributed by atoms with Gasteiger partial charge in [-0.05, 0) is 56.7 Å². The Morgan fingerprint density at radius 2 is 1.65 bits per heavy atom. The monoisotopic (exact) mass is 745 g/mol. The van der Waals surface area contributed by atoms with Gasteiger partial charge in [-0.2, -0.15) is 0 Å². The predicted octanol–water partition coefficient (Wildman–Crippen LogP) is 4.05. The minimum absolute atomic E-state index is 0.0570. The average Bonchev–Trinajstić information content (AvgIpc) is 3.61. The van der Waals surface area contributed by atoms with E-state index in [1.807, 2.05) is 65.1 Å². The van der Waals surface area contributed by atoms with E-state index in [2.05, 4.69) is 20.9 Å². The topological polar surface area (TPSA) is 176 Å². The van der Waals surface area contributed by atoms with Gasteiger partial charge in [-0.15, -0.1) is 11.3 Å². The van der Waals surface area contributed by atoms with Gasteiger partial charge in [0.25, 0.3) is 5.91 Å². The zero-order valence-corrected chi connectivity index (χ0v) is 32.8. The molecule has 1 heterocycles. The van der Waals surface area contributed by atoms with Gasteiger partial charge in [0, 0.05) is 44.3 Å². The second-order valence-corrected chi connectivity index (χ2v) is 14.8. The molecule has 4 N–H and O–H groups in total. The lowest BCUT2D eigenvalue weighted by molar-refractivity contribution is -0.149. The number of unbranched alkanes of at least 4 members (excludes halogenated alkanes) is 2. The van der Waals surface area contributed by atoms with E-state index in [9.17, 15) is 29.1 Å². The molecule has 0 aliphatic rings. The summed E-state index contributed by atoms with van der Waals surface area (Å²) in [5.41, 5.74) is 1.04. The summed E-state index contributed by atoms with van der Waals surface area (Å²) in [6, 6.07) is 7.80. The van der Waals surface area contributed by atoms with Gasteiger partial charge in [-0.25, -0.2) is 4.98 Å². The molecular formula is C38H59N5O8S. The molecule has 0 saturated carbocycles. The molecule has 0 aliphatic heterocycles. The Hall–Kier alpha value is -3.88. The molecule has 13 nitrogen and oxygen atoms in total. The number of aliphatic hydroxyl groups is 1. The van der Waals surface area contributed by atoms with E-state index in [0.717, 1.165) is 42.7 Å². The zero-order valence-electron chi connectivity index (χ0n) is 32.0. The fourth-order valence-corrected chi connectivity index (χ4v) is 6.89. The van der Waals surface area contributed by atoms with Crippen LogP contribution in [0.15, 0.2) is 35.7 Å². The van der Waals surface area contributed by atoms with Gasteiger partial charge in [0.05, 0.1) is 19.6 Å². The molecule has 1 aromatic carbocycles. The molecule has 1 aromatic heterocycles. The minimum Gasteiger partial charge on any atom is -0.469 e. The molecule has 2 aromatic rings. The largest absolute Gasteiger partial charge is 0.469 e. The molecule has 0 saturated heterocycles. The highest BCUT2D eigenvalue weighted by molar-refractivity contribution is 7.09. The van der Waals surface area contributed by atoms with Gasteiger partial charge < -0.3 is 35.4 Å². The van der Waals surface area contributed by atoms with Crippen molar-refractivity contribution in [1.82, 2.24) is 25.8 Å². The quantitative estimate of drug-likeness (QED) is 0.0959. The van der Waals surface area contributed by atoms with Crippen molar-refractivity contribution in [2.75, 3.05) is 34.4 Å². The Morgan fingerprint density at radius 3 is 2.23 bits per heavy atom. The summed E-state index contributed by atoms with van der Waals surface area (Å²) in [6.07, 6.45) is 2.86. The first kappa shape index (κ1) is 44.3. The van der Waals surface area contributed by atoms with Gasteiger partial charge in [0.2, 0.25) is 11.8 Å². The first-order valence-electron chi connectivity index (χ1n) is 18.1. The summed E-state index contributed by atoms with van der Waals surface area (Å²) in [4.78, 5) is 71.0. The molecule has 0 aliphatic carbocycles. The van der Waals surface area contributed by atoms with E-state index in [0.29, 0.717) is 17.8 Å². The highest BCUT2D eigenvalue weighted by atomic mass is 32.1. The number of carbonyl (C=O) groups excluding carboxylic acids is 5. The summed E-state index contributed by atoms with van der Waals surface area (Å²) in [7, 11) is 4.84. The number of carbonyl (C=O) groups is 5. The van der Waals surface area contributed by atoms with Crippen LogP contribution >= 0.6 is 11.3 Å². The standard InChI is InChI=1S/C38H59N5O8S/c1-24(2)31(43(7)37(48)34(25(3)4)42-33(46)17-13-10-14-18-39-6)21-32(51-26(5)45)36-41-30(23-52-36)35(47)40-29(19-27-15-11-9-12-16-27)20-28(22-44)38(49)50-8/h9,11-12,15-16,23-25,28-29,31-32,34,39,44H,10,13-14,17-22H2,1-8H3,(H,40,47)(H,42,46)/t28?,29-,31+,32+,34-/m0/s1. The predicted molar refractivity (Wildman–Crippen MR) is 200 cm³/mol. The van der Waals surface area contributed by atoms with Crippen LogP contribution in [0, 0.1) is 17.8 Å². The van der Waals surface area contributed by atoms with Crippen molar-refractivity contribution in [3.05, 3.63) is 52.0 Å². The number of ether oxygens (including phenoxy) is 2. The third-order valence-electron chi connectivity index (χ3n) is 8.97. The third kappa shape index (κ3) is 14.6. The van der Waals surface area contributed by atoms with Crippen LogP contribution in [0.1, 0.15) is 100 Å². The molecule has 1 unspecified atom stereocenters. The van der Waals surface area contributed by atoms with Crippen molar-refractivity contribution in [3.63, 3.8) is 0 Å². The van der Waals surface area contributed by atoms with Crippen LogP contribution in [-0.2, 0) is 35.1 Å². The van der Waals surface area contributed by atoms with Crippen LogP contribution < -0.4 is 16.0 Å². The smallest absolute Gasteiger partial charge is 0.311 e. The van der Waals surface area contributed by atoms with E-state index in [-0.39, 0.29) is 42.2 Å². The second-order valence-electron chi connectivity index (χ2n) is 13.9. The number of aliphatic hydroxyl groups excluding tert-OH is 1. The van der Waals surface area contributed by atoms with Crippen LogP contribution in [0.5, 0.6) is 0 Å². The van der Waals surface area contributed by atoms with Gasteiger partial charge >= 0.3 is 11.9 Å². The Labute approximate surface area is 312 Å². The Kier molecular flexibility index (Phi) is 19.5. The molecule has 0 spiro atoms. The summed E-state index contributed by atoms with van der Waals surface area (Å²) >= 11 is 1.16. The molecule has 2 rings (SSSR count). The molecule has 14 heteroatoms. The van der Waals surface area contributed by atoms with E-state index in [1.54, 1.807) is 17.3 Å². The lowest BCUT2D eigenvalue weighted by Crippen LogP contribution is -2.54. The maximum Gasteiger partial charge on any atom is 0.311 e. The van der Waals surface area contributed by atoms with Gasteiger partial charge in [0.15, 0.2) is 6.10 Å². The van der Waals surface area contributed by atoms with Gasteiger partial charge in [-0.3, -0.25) is 24.0 Å². The van der Waals surface area contributed by atoms with Crippen molar-refractivity contribution in [1.29, 1.82) is 0 Å². The van der Waals surface area contributed by atoms with Crippen molar-refractivity contribution in [2.24, 2.45) is 17.8 Å². The SMILES string of the molecule is CNCCCCCC(=O)N[C@H](C(=O)N(C)[C@H](C[C@@H](OC(C)=O)c1nc(C(=O)N[C@@H](Cc2ccccc2)CC(CO)C(=O)OC)cs1)C(C)C)C(C)C. The Bertz CT molecular complexity index is 1420. The van der Waals surface area contributed by atoms with Crippen molar-refractivity contribution < 1.29 is 38.6 Å². The Balaban J connectivity index is 2.26. The fourth-order valence-electron chi connectivity index (χ4n) is 6.05. The fraction of sp³-hybridized carbons (Fsp3) is 0.632. The lowest BCUT2D eigenvalue weighted by atomic mass is 9.94. The van der Waals surface area contributed by atoms with Crippen molar-refractivity contribution in [3.8, 4) is 0 Å². The summed E-state index contributed by atoms with van der Waals surface area (Å²) in [5.74, 6) is -3.05. The molecule has 0 fully saturated rings. The normalized spacial score (nSPS) is 14.2. The molecular weight excluding hydrogens is 687 g/mol. The molecule has 0 radical (unpaired) electrons. The van der Waals surface area contributed by atoms with Crippen LogP contribution in [0.3, 0.4) is 0 Å². The third-order valence-corrected chi connectivity index (χ3v) is 9.91. The maximum atomic E-state index is 13.9. The number of methoxy groups -OCH3 is 1. The Morgan fingerprint density at radius 1 is 0.962 bits per heavy atom. The maximum absolute atomic E-state index is 13.9. The van der Waals surface area contributed by atoms with Crippen molar-refractivity contribution >= 4 is 41.0 Å². The summed E-state index contributed by atoms with van der Waals surface area (Å²) in [5, 5.41) is 20.8. The van der Waals surface area contributed by atoms with Gasteiger partial charge in [-0.1, -0.05) is 64.4 Å². The minimum atomic E-state index is -0.852. The number of nitrogens with one attached hydrogen (secondary N) is 3. The van der Waals surface area contributed by atoms with Crippen LogP contribution in [-0.4, -0.2) is 97.1 Å². The second kappa shape index (κ2) is 22.9. The number of aromatic nitrogens is 1. The number of hydrogen-bond donors (Lipinski definition) is 4. The number of benzene rings is 1. The highest BCUT2D eigenvalue weighted by Crippen LogP contribution is 2.31. The van der Waals surface area contributed by atoms with Crippen LogP contribution in [0.2, 0.25) is 0 Å². The lowest BCUT2D eigenvalue weighted by Gasteiger charge is -2.36. The van der Waals surface area contributed by atoms with E-state index >= 15 is 0 Å². The molecule has 5 atom stereocenters. The number of likely N-dealkylation sites (N-methyl/N-ethyl adjacent to an activating group) is 1. The molecule has 52 heavy (non-hydrogen) atoms. The average molecular weight is 746 g/mol. The van der Waals surface area contributed by atoms with E-state index in [1.165, 1.54) is 14.0 Å². The van der Waals surface area contributed by atoms with Gasteiger partial charge in [0.1, 0.15) is 16.7 Å². The molecule has 290 valence electrons. The highest BCUT2D eigenvalue weighted by Gasteiger charge is 2.35. The number of thiazole rings is 1. The van der Waals surface area contributed by atoms with E-state index < -0.39 is 54.6 Å². The number of esters is 2. The number of hydrogen-bond acceptors (Lipinski definition) is 11. The number of nitrogens with zero attached hydrogens (tertiary/aromatic N) is 2. The van der Waals surface area contributed by atoms with Crippen LogP contribution in [0.25, 0.3) is 0 Å². The number of rotatable bonds is 23. The van der Waals surface area contributed by atoms with Crippen molar-refractivity contribution in [2.45, 2.75) is 104 Å². The molecule has 0 bridgehead atoms. The summed E-state index contributed by atoms with van der Waals surface area (Å²) < 4.78 is 10.6. The zero-order chi connectivity index (χ0) is 38.8. The van der Waals surface area contributed by atoms with E-state index in [4.69, 9.17) is 9.47 Å². The number of amides is 3. The summed E-state index contributed by atoms with van der Waals surface area (Å²) in [6.45, 7) is 9.46. The van der Waals surface area contributed by atoms with Crippen LogP contribution in [0.4, 0.5) is 0 Å².